The van der Waals surface area contributed by atoms with Gasteiger partial charge in [-0.05, 0) is 24.5 Å². The van der Waals surface area contributed by atoms with Crippen molar-refractivity contribution in [2.75, 3.05) is 7.11 Å². The summed E-state index contributed by atoms with van der Waals surface area (Å²) in [7, 11) is 1.62. The monoisotopic (exact) mass is 250 g/mol. The van der Waals surface area contributed by atoms with Gasteiger partial charge in [0, 0.05) is 13.5 Å². The van der Waals surface area contributed by atoms with Crippen LogP contribution in [0.15, 0.2) is 24.3 Å². The quantitative estimate of drug-likeness (QED) is 0.607. The van der Waals surface area contributed by atoms with Gasteiger partial charge >= 0.3 is 0 Å². The molecule has 1 atom stereocenters. The Morgan fingerprint density at radius 2 is 2.00 bits per heavy atom. The zero-order valence-corrected chi connectivity index (χ0v) is 11.9. The summed E-state index contributed by atoms with van der Waals surface area (Å²) in [5.74, 6) is 0.688. The summed E-state index contributed by atoms with van der Waals surface area (Å²) in [6, 6.07) is 0. The highest BCUT2D eigenvalue weighted by Gasteiger charge is 2.34. The van der Waals surface area contributed by atoms with Gasteiger partial charge in [0.15, 0.2) is 11.4 Å². The lowest BCUT2D eigenvalue weighted by molar-refractivity contribution is -0.132. The highest BCUT2D eigenvalue weighted by Crippen LogP contribution is 2.26. The van der Waals surface area contributed by atoms with Gasteiger partial charge in [0.2, 0.25) is 0 Å². The Morgan fingerprint density at radius 3 is 2.50 bits per heavy atom. The summed E-state index contributed by atoms with van der Waals surface area (Å²) in [4.78, 5) is 12.5. The fourth-order valence-electron chi connectivity index (χ4n) is 2.42. The van der Waals surface area contributed by atoms with E-state index in [1.54, 1.807) is 7.11 Å². The molecule has 0 N–H and O–H groups in total. The van der Waals surface area contributed by atoms with Gasteiger partial charge in [0.05, 0.1) is 0 Å². The minimum atomic E-state index is -0.794. The number of allylic oxidation sites excluding steroid dienone is 2. The lowest BCUT2D eigenvalue weighted by Gasteiger charge is -2.28. The molecule has 1 aliphatic carbocycles. The van der Waals surface area contributed by atoms with Crippen molar-refractivity contribution in [2.45, 2.75) is 58.0 Å². The number of methoxy groups -OCH3 is 1. The molecule has 1 aliphatic rings. The maximum Gasteiger partial charge on any atom is 0.172 e. The lowest BCUT2D eigenvalue weighted by Crippen LogP contribution is -2.38. The molecule has 0 bridgehead atoms. The molecule has 1 unspecified atom stereocenters. The van der Waals surface area contributed by atoms with Crippen molar-refractivity contribution < 1.29 is 9.53 Å². The minimum absolute atomic E-state index is 0.195. The summed E-state index contributed by atoms with van der Waals surface area (Å²) in [6.07, 6.45) is 14.0. The van der Waals surface area contributed by atoms with E-state index in [0.717, 1.165) is 19.3 Å². The first-order chi connectivity index (χ1) is 8.68. The fourth-order valence-corrected chi connectivity index (χ4v) is 2.42. The molecule has 0 saturated carbocycles. The molecular formula is C16H26O2. The lowest BCUT2D eigenvalue weighted by atomic mass is 9.85. The van der Waals surface area contributed by atoms with Gasteiger partial charge in [0.1, 0.15) is 0 Å². The largest absolute Gasteiger partial charge is 0.362 e. The van der Waals surface area contributed by atoms with Crippen LogP contribution in [0.2, 0.25) is 0 Å². The maximum atomic E-state index is 12.5. The number of Topliss-reactive ketones (excluding diaryl/α,β-unsaturated/α-hetero) is 1. The van der Waals surface area contributed by atoms with Crippen LogP contribution >= 0.6 is 0 Å². The molecule has 0 amide bonds. The van der Waals surface area contributed by atoms with Gasteiger partial charge < -0.3 is 4.74 Å². The van der Waals surface area contributed by atoms with E-state index in [1.165, 1.54) is 12.8 Å². The van der Waals surface area contributed by atoms with E-state index >= 15 is 0 Å². The summed E-state index contributed by atoms with van der Waals surface area (Å²) in [5.41, 5.74) is -0.794. The van der Waals surface area contributed by atoms with E-state index in [-0.39, 0.29) is 5.78 Å². The Labute approximate surface area is 111 Å². The summed E-state index contributed by atoms with van der Waals surface area (Å²) < 4.78 is 5.47. The normalized spacial score (nSPS) is 18.8. The third-order valence-electron chi connectivity index (χ3n) is 3.79. The predicted octanol–water partition coefficient (Wildman–Crippen LogP) is 4.06. The van der Waals surface area contributed by atoms with Crippen LogP contribution in [0.1, 0.15) is 52.4 Å². The Bertz CT molecular complexity index is 303. The standard InChI is InChI=1S/C16H26O2/c1-4-6-10-14(5-2)13-15(17)16(18-3)11-8-7-9-12-16/h8-9,11-12,14H,4-7,10,13H2,1-3H3. The van der Waals surface area contributed by atoms with Gasteiger partial charge in [-0.3, -0.25) is 4.79 Å². The number of carbonyl (C=O) groups is 1. The van der Waals surface area contributed by atoms with Gasteiger partial charge in [0.25, 0.3) is 0 Å². The predicted molar refractivity (Wildman–Crippen MR) is 75.6 cm³/mol. The van der Waals surface area contributed by atoms with Crippen molar-refractivity contribution in [3.8, 4) is 0 Å². The smallest absolute Gasteiger partial charge is 0.172 e. The first-order valence-electron chi connectivity index (χ1n) is 7.12. The van der Waals surface area contributed by atoms with Crippen molar-refractivity contribution >= 4 is 5.78 Å². The number of ketones is 1. The SMILES string of the molecule is CCCCC(CC)CC(=O)C1(OC)C=CCC=C1. The summed E-state index contributed by atoms with van der Waals surface area (Å²) >= 11 is 0. The Hall–Kier alpha value is -0.890. The number of carbonyl (C=O) groups excluding carboxylic acids is 1. The third kappa shape index (κ3) is 3.81. The van der Waals surface area contributed by atoms with Gasteiger partial charge in [-0.15, -0.1) is 0 Å². The van der Waals surface area contributed by atoms with Crippen LogP contribution in [0, 0.1) is 5.92 Å². The number of rotatable bonds is 8. The minimum Gasteiger partial charge on any atom is -0.362 e. The Kier molecular flexibility index (Phi) is 6.34. The summed E-state index contributed by atoms with van der Waals surface area (Å²) in [6.45, 7) is 4.36. The second kappa shape index (κ2) is 7.52. The molecule has 0 radical (unpaired) electrons. The molecule has 0 aromatic heterocycles. The Morgan fingerprint density at radius 1 is 1.33 bits per heavy atom. The van der Waals surface area contributed by atoms with Crippen molar-refractivity contribution in [2.24, 2.45) is 5.92 Å². The van der Waals surface area contributed by atoms with E-state index < -0.39 is 5.60 Å². The van der Waals surface area contributed by atoms with Crippen molar-refractivity contribution in [1.82, 2.24) is 0 Å². The second-order valence-corrected chi connectivity index (χ2v) is 5.08. The van der Waals surface area contributed by atoms with Crippen molar-refractivity contribution in [3.05, 3.63) is 24.3 Å². The van der Waals surface area contributed by atoms with Crippen LogP contribution in [0.3, 0.4) is 0 Å². The maximum absolute atomic E-state index is 12.5. The van der Waals surface area contributed by atoms with Gasteiger partial charge in [-0.25, -0.2) is 0 Å². The molecule has 0 aromatic carbocycles. The zero-order chi connectivity index (χ0) is 13.4. The van der Waals surface area contributed by atoms with Gasteiger partial charge in [-0.1, -0.05) is 51.7 Å². The molecule has 0 fully saturated rings. The summed E-state index contributed by atoms with van der Waals surface area (Å²) in [5, 5.41) is 0. The number of unbranched alkanes of at least 4 members (excludes halogenated alkanes) is 1. The zero-order valence-electron chi connectivity index (χ0n) is 11.9. The second-order valence-electron chi connectivity index (χ2n) is 5.08. The molecule has 1 rings (SSSR count). The molecule has 0 saturated heterocycles. The number of ether oxygens (including phenoxy) is 1. The average molecular weight is 250 g/mol. The van der Waals surface area contributed by atoms with Crippen molar-refractivity contribution in [3.63, 3.8) is 0 Å². The molecular weight excluding hydrogens is 224 g/mol. The van der Waals surface area contributed by atoms with Crippen LogP contribution in [-0.2, 0) is 9.53 Å². The van der Waals surface area contributed by atoms with Crippen molar-refractivity contribution in [1.29, 1.82) is 0 Å². The molecule has 0 aromatic rings. The van der Waals surface area contributed by atoms with Crippen LogP contribution in [0.25, 0.3) is 0 Å². The van der Waals surface area contributed by atoms with E-state index in [1.807, 2.05) is 24.3 Å². The topological polar surface area (TPSA) is 26.3 Å². The first kappa shape index (κ1) is 15.2. The van der Waals surface area contributed by atoms with E-state index in [4.69, 9.17) is 4.74 Å². The van der Waals surface area contributed by atoms with E-state index in [9.17, 15) is 4.79 Å². The van der Waals surface area contributed by atoms with E-state index in [2.05, 4.69) is 13.8 Å². The molecule has 2 heteroatoms. The van der Waals surface area contributed by atoms with Crippen LogP contribution in [-0.4, -0.2) is 18.5 Å². The molecule has 0 heterocycles. The van der Waals surface area contributed by atoms with Crippen LogP contribution < -0.4 is 0 Å². The molecule has 0 spiro atoms. The fraction of sp³-hybridized carbons (Fsp3) is 0.688. The highest BCUT2D eigenvalue weighted by atomic mass is 16.5. The molecule has 2 nitrogen and oxygen atoms in total. The molecule has 102 valence electrons. The van der Waals surface area contributed by atoms with Crippen LogP contribution in [0.5, 0.6) is 0 Å². The van der Waals surface area contributed by atoms with Crippen LogP contribution in [0.4, 0.5) is 0 Å². The molecule has 18 heavy (non-hydrogen) atoms. The number of hydrogen-bond acceptors (Lipinski definition) is 2. The first-order valence-corrected chi connectivity index (χ1v) is 7.12. The van der Waals surface area contributed by atoms with Gasteiger partial charge in [-0.2, -0.15) is 0 Å². The third-order valence-corrected chi connectivity index (χ3v) is 3.79. The average Bonchev–Trinajstić information content (AvgIpc) is 2.43. The molecule has 0 aliphatic heterocycles. The Balaban J connectivity index is 2.64. The van der Waals surface area contributed by atoms with E-state index in [0.29, 0.717) is 12.3 Å². The number of hydrogen-bond donors (Lipinski definition) is 0. The highest BCUT2D eigenvalue weighted by molar-refractivity contribution is 5.92.